The van der Waals surface area contributed by atoms with Crippen molar-refractivity contribution in [3.63, 3.8) is 0 Å². The van der Waals surface area contributed by atoms with Crippen molar-refractivity contribution in [1.29, 1.82) is 0 Å². The predicted molar refractivity (Wildman–Crippen MR) is 107 cm³/mol. The molecule has 0 spiro atoms. The molecule has 0 saturated carbocycles. The summed E-state index contributed by atoms with van der Waals surface area (Å²) in [7, 11) is 0. The summed E-state index contributed by atoms with van der Waals surface area (Å²) in [6, 6.07) is 15.2. The van der Waals surface area contributed by atoms with Gasteiger partial charge in [-0.2, -0.15) is 0 Å². The molecular formula is C20H16Cl2N2O3. The summed E-state index contributed by atoms with van der Waals surface area (Å²) in [6.45, 7) is 1.77. The Balaban J connectivity index is 1.74. The van der Waals surface area contributed by atoms with E-state index in [1.54, 1.807) is 61.5 Å². The van der Waals surface area contributed by atoms with E-state index in [1.807, 2.05) is 0 Å². The van der Waals surface area contributed by atoms with Gasteiger partial charge in [0.05, 0.1) is 10.0 Å². The van der Waals surface area contributed by atoms with Gasteiger partial charge in [0.2, 0.25) is 5.91 Å². The highest BCUT2D eigenvalue weighted by Gasteiger charge is 2.14. The molecule has 0 bridgehead atoms. The number of nitrogens with one attached hydrogen (secondary N) is 2. The molecule has 3 rings (SSSR count). The standard InChI is InChI=1S/C20H16Cl2N2O3/c1-2-19(25)23-13-4-3-5-14(11-13)24-20(26)18-9-8-17(27-18)12-6-7-15(21)16(22)10-12/h3-11H,2H2,1H3,(H,23,25)(H,24,26). The van der Waals surface area contributed by atoms with Crippen LogP contribution in [0.4, 0.5) is 11.4 Å². The van der Waals surface area contributed by atoms with E-state index in [0.717, 1.165) is 0 Å². The molecule has 1 heterocycles. The summed E-state index contributed by atoms with van der Waals surface area (Å²) in [5.74, 6) is 0.151. The highest BCUT2D eigenvalue weighted by molar-refractivity contribution is 6.42. The average molecular weight is 403 g/mol. The Hall–Kier alpha value is -2.76. The minimum atomic E-state index is -0.403. The number of anilines is 2. The van der Waals surface area contributed by atoms with Gasteiger partial charge in [0.15, 0.2) is 5.76 Å². The number of furan rings is 1. The van der Waals surface area contributed by atoms with E-state index in [0.29, 0.717) is 39.2 Å². The number of carbonyl (C=O) groups is 2. The van der Waals surface area contributed by atoms with Gasteiger partial charge in [-0.15, -0.1) is 0 Å². The van der Waals surface area contributed by atoms with Crippen molar-refractivity contribution in [3.05, 3.63) is 70.4 Å². The molecule has 27 heavy (non-hydrogen) atoms. The molecule has 0 radical (unpaired) electrons. The van der Waals surface area contributed by atoms with Crippen molar-refractivity contribution in [3.8, 4) is 11.3 Å². The maximum Gasteiger partial charge on any atom is 0.291 e. The summed E-state index contributed by atoms with van der Waals surface area (Å²) < 4.78 is 5.63. The van der Waals surface area contributed by atoms with Gasteiger partial charge in [-0.05, 0) is 48.5 Å². The average Bonchev–Trinajstić information content (AvgIpc) is 3.14. The highest BCUT2D eigenvalue weighted by Crippen LogP contribution is 2.29. The van der Waals surface area contributed by atoms with Crippen LogP contribution in [0.5, 0.6) is 0 Å². The second-order valence-electron chi connectivity index (χ2n) is 5.73. The van der Waals surface area contributed by atoms with E-state index in [4.69, 9.17) is 27.6 Å². The molecule has 3 aromatic rings. The van der Waals surface area contributed by atoms with E-state index < -0.39 is 5.91 Å². The van der Waals surface area contributed by atoms with Crippen LogP contribution in [0.15, 0.2) is 59.0 Å². The van der Waals surface area contributed by atoms with E-state index in [-0.39, 0.29) is 11.7 Å². The number of hydrogen-bond donors (Lipinski definition) is 2. The van der Waals surface area contributed by atoms with Crippen molar-refractivity contribution in [1.82, 2.24) is 0 Å². The summed E-state index contributed by atoms with van der Waals surface area (Å²) in [5.41, 5.74) is 1.87. The van der Waals surface area contributed by atoms with Gasteiger partial charge in [-0.3, -0.25) is 9.59 Å². The minimum Gasteiger partial charge on any atom is -0.451 e. The fourth-order valence-electron chi connectivity index (χ4n) is 2.38. The van der Waals surface area contributed by atoms with Crippen molar-refractivity contribution >= 4 is 46.4 Å². The number of carbonyl (C=O) groups excluding carboxylic acids is 2. The lowest BCUT2D eigenvalue weighted by Gasteiger charge is -2.07. The second kappa shape index (κ2) is 8.29. The van der Waals surface area contributed by atoms with Crippen molar-refractivity contribution in [2.45, 2.75) is 13.3 Å². The molecule has 2 amide bonds. The highest BCUT2D eigenvalue weighted by atomic mass is 35.5. The van der Waals surface area contributed by atoms with Gasteiger partial charge in [-0.25, -0.2) is 0 Å². The normalized spacial score (nSPS) is 10.5. The second-order valence-corrected chi connectivity index (χ2v) is 6.54. The monoisotopic (exact) mass is 402 g/mol. The lowest BCUT2D eigenvalue weighted by atomic mass is 10.2. The third-order valence-electron chi connectivity index (χ3n) is 3.76. The van der Waals surface area contributed by atoms with Crippen LogP contribution in [0.1, 0.15) is 23.9 Å². The number of hydrogen-bond acceptors (Lipinski definition) is 3. The zero-order valence-electron chi connectivity index (χ0n) is 14.4. The fraction of sp³-hybridized carbons (Fsp3) is 0.100. The van der Waals surface area contributed by atoms with Crippen LogP contribution in [0, 0.1) is 0 Å². The molecular weight excluding hydrogens is 387 g/mol. The van der Waals surface area contributed by atoms with Crippen molar-refractivity contribution in [2.24, 2.45) is 0 Å². The summed E-state index contributed by atoms with van der Waals surface area (Å²) in [4.78, 5) is 23.9. The third kappa shape index (κ3) is 4.70. The molecule has 7 heteroatoms. The quantitative estimate of drug-likeness (QED) is 0.561. The maximum absolute atomic E-state index is 12.4. The molecule has 2 N–H and O–H groups in total. The Kier molecular flexibility index (Phi) is 5.84. The molecule has 0 fully saturated rings. The van der Waals surface area contributed by atoms with E-state index >= 15 is 0 Å². The number of halogens is 2. The first kappa shape index (κ1) is 19.0. The van der Waals surface area contributed by atoms with E-state index in [1.165, 1.54) is 0 Å². The van der Waals surface area contributed by atoms with Crippen LogP contribution in [-0.4, -0.2) is 11.8 Å². The van der Waals surface area contributed by atoms with Crippen LogP contribution >= 0.6 is 23.2 Å². The zero-order valence-corrected chi connectivity index (χ0v) is 15.9. The van der Waals surface area contributed by atoms with Crippen molar-refractivity contribution < 1.29 is 14.0 Å². The molecule has 0 atom stereocenters. The predicted octanol–water partition coefficient (Wildman–Crippen LogP) is 5.85. The minimum absolute atomic E-state index is 0.101. The van der Waals surface area contributed by atoms with Crippen LogP contribution in [0.25, 0.3) is 11.3 Å². The smallest absolute Gasteiger partial charge is 0.291 e. The molecule has 5 nitrogen and oxygen atoms in total. The molecule has 0 unspecified atom stereocenters. The topological polar surface area (TPSA) is 71.3 Å². The number of rotatable bonds is 5. The molecule has 1 aromatic heterocycles. The van der Waals surface area contributed by atoms with Gasteiger partial charge < -0.3 is 15.1 Å². The Morgan fingerprint density at radius 3 is 2.37 bits per heavy atom. The van der Waals surface area contributed by atoms with Crippen LogP contribution in [-0.2, 0) is 4.79 Å². The molecule has 0 aliphatic rings. The largest absolute Gasteiger partial charge is 0.451 e. The molecule has 0 aliphatic carbocycles. The molecule has 0 saturated heterocycles. The Morgan fingerprint density at radius 2 is 1.67 bits per heavy atom. The van der Waals surface area contributed by atoms with Crippen molar-refractivity contribution in [2.75, 3.05) is 10.6 Å². The van der Waals surface area contributed by atoms with Crippen LogP contribution in [0.2, 0.25) is 10.0 Å². The Bertz CT molecular complexity index is 998. The first-order valence-electron chi connectivity index (χ1n) is 8.23. The Morgan fingerprint density at radius 1 is 0.926 bits per heavy atom. The SMILES string of the molecule is CCC(=O)Nc1cccc(NC(=O)c2ccc(-c3ccc(Cl)c(Cl)c3)o2)c1. The summed E-state index contributed by atoms with van der Waals surface area (Å²) in [5, 5.41) is 6.34. The first-order valence-corrected chi connectivity index (χ1v) is 8.98. The zero-order chi connectivity index (χ0) is 19.4. The summed E-state index contributed by atoms with van der Waals surface area (Å²) in [6.07, 6.45) is 0.375. The summed E-state index contributed by atoms with van der Waals surface area (Å²) >= 11 is 11.9. The lowest BCUT2D eigenvalue weighted by molar-refractivity contribution is -0.115. The van der Waals surface area contributed by atoms with Gasteiger partial charge >= 0.3 is 0 Å². The van der Waals surface area contributed by atoms with Crippen LogP contribution < -0.4 is 10.6 Å². The van der Waals surface area contributed by atoms with Gasteiger partial charge in [0, 0.05) is 23.4 Å². The third-order valence-corrected chi connectivity index (χ3v) is 4.50. The molecule has 138 valence electrons. The fourth-order valence-corrected chi connectivity index (χ4v) is 2.68. The lowest BCUT2D eigenvalue weighted by Crippen LogP contribution is -2.12. The van der Waals surface area contributed by atoms with E-state index in [9.17, 15) is 9.59 Å². The Labute approximate surface area is 166 Å². The van der Waals surface area contributed by atoms with Gasteiger partial charge in [0.25, 0.3) is 5.91 Å². The number of benzene rings is 2. The van der Waals surface area contributed by atoms with E-state index in [2.05, 4.69) is 10.6 Å². The maximum atomic E-state index is 12.4. The first-order chi connectivity index (χ1) is 13.0. The molecule has 0 aliphatic heterocycles. The van der Waals surface area contributed by atoms with Gasteiger partial charge in [-0.1, -0.05) is 36.2 Å². The van der Waals surface area contributed by atoms with Gasteiger partial charge in [0.1, 0.15) is 5.76 Å². The molecule has 2 aromatic carbocycles. The number of amides is 2. The van der Waals surface area contributed by atoms with Crippen LogP contribution in [0.3, 0.4) is 0 Å².